The van der Waals surface area contributed by atoms with Crippen LogP contribution in [0.4, 0.5) is 0 Å². The highest BCUT2D eigenvalue weighted by Crippen LogP contribution is 2.36. The minimum absolute atomic E-state index is 0.0636. The first-order valence-electron chi connectivity index (χ1n) is 6.18. The molecular weight excluding hydrogens is 220 g/mol. The third kappa shape index (κ3) is 4.73. The Kier molecular flexibility index (Phi) is 4.93. The largest absolute Gasteiger partial charge is 0.481 e. The molecule has 17 heavy (non-hydrogen) atoms. The standard InChI is InChI=1S/C12H22N2O3/c1-12(6-2-3-7-12)8-14-11(17)9(13)4-5-10(15)16/h9H,2-8,13H2,1H3,(H,14,17)(H,15,16). The van der Waals surface area contributed by atoms with E-state index in [1.807, 2.05) is 0 Å². The van der Waals surface area contributed by atoms with E-state index >= 15 is 0 Å². The molecule has 1 fully saturated rings. The van der Waals surface area contributed by atoms with Crippen LogP contribution in [0.1, 0.15) is 45.4 Å². The Morgan fingerprint density at radius 2 is 2.00 bits per heavy atom. The molecule has 0 radical (unpaired) electrons. The van der Waals surface area contributed by atoms with Gasteiger partial charge in [-0.05, 0) is 24.7 Å². The zero-order valence-electron chi connectivity index (χ0n) is 10.4. The molecule has 0 heterocycles. The molecule has 5 heteroatoms. The smallest absolute Gasteiger partial charge is 0.303 e. The van der Waals surface area contributed by atoms with E-state index in [1.54, 1.807) is 0 Å². The molecule has 0 aromatic carbocycles. The molecule has 0 aliphatic heterocycles. The minimum atomic E-state index is -0.920. The van der Waals surface area contributed by atoms with Gasteiger partial charge in [-0.3, -0.25) is 9.59 Å². The van der Waals surface area contributed by atoms with Crippen LogP contribution in [-0.2, 0) is 9.59 Å². The van der Waals surface area contributed by atoms with E-state index in [4.69, 9.17) is 10.8 Å². The van der Waals surface area contributed by atoms with E-state index in [0.29, 0.717) is 6.54 Å². The molecule has 0 bridgehead atoms. The molecule has 0 aromatic rings. The number of amides is 1. The second-order valence-electron chi connectivity index (χ2n) is 5.27. The first-order valence-corrected chi connectivity index (χ1v) is 6.18. The molecule has 1 atom stereocenters. The Labute approximate surface area is 102 Å². The average molecular weight is 242 g/mol. The van der Waals surface area contributed by atoms with Crippen LogP contribution in [0.2, 0.25) is 0 Å². The lowest BCUT2D eigenvalue weighted by molar-refractivity contribution is -0.137. The summed E-state index contributed by atoms with van der Waals surface area (Å²) in [5.74, 6) is -1.16. The van der Waals surface area contributed by atoms with Crippen LogP contribution in [0.15, 0.2) is 0 Å². The maximum Gasteiger partial charge on any atom is 0.303 e. The van der Waals surface area contributed by atoms with Gasteiger partial charge < -0.3 is 16.2 Å². The molecule has 5 nitrogen and oxygen atoms in total. The molecule has 98 valence electrons. The van der Waals surface area contributed by atoms with Crippen LogP contribution in [-0.4, -0.2) is 29.6 Å². The summed E-state index contributed by atoms with van der Waals surface area (Å²) in [5, 5.41) is 11.3. The Morgan fingerprint density at radius 1 is 1.41 bits per heavy atom. The highest BCUT2D eigenvalue weighted by atomic mass is 16.4. The van der Waals surface area contributed by atoms with Crippen molar-refractivity contribution in [3.05, 3.63) is 0 Å². The Balaban J connectivity index is 2.26. The highest BCUT2D eigenvalue weighted by Gasteiger charge is 2.29. The van der Waals surface area contributed by atoms with Gasteiger partial charge in [-0.2, -0.15) is 0 Å². The van der Waals surface area contributed by atoms with Crippen molar-refractivity contribution in [2.24, 2.45) is 11.1 Å². The molecule has 1 amide bonds. The van der Waals surface area contributed by atoms with E-state index in [1.165, 1.54) is 12.8 Å². The Morgan fingerprint density at radius 3 is 2.53 bits per heavy atom. The molecule has 1 unspecified atom stereocenters. The molecule has 1 aliphatic carbocycles. The third-order valence-electron chi connectivity index (χ3n) is 3.51. The number of carboxylic acids is 1. The van der Waals surface area contributed by atoms with E-state index in [9.17, 15) is 9.59 Å². The summed E-state index contributed by atoms with van der Waals surface area (Å²) in [5.41, 5.74) is 5.81. The molecule has 4 N–H and O–H groups in total. The molecule has 1 aliphatic rings. The van der Waals surface area contributed by atoms with Gasteiger partial charge in [0.2, 0.25) is 5.91 Å². The second kappa shape index (κ2) is 6.00. The number of hydrogen-bond donors (Lipinski definition) is 3. The summed E-state index contributed by atoms with van der Waals surface area (Å²) in [6.45, 7) is 2.82. The van der Waals surface area contributed by atoms with Crippen molar-refractivity contribution in [3.8, 4) is 0 Å². The SMILES string of the molecule is CC1(CNC(=O)C(N)CCC(=O)O)CCCC1. The van der Waals surface area contributed by atoms with E-state index in [2.05, 4.69) is 12.2 Å². The number of nitrogens with one attached hydrogen (secondary N) is 1. The summed E-state index contributed by atoms with van der Waals surface area (Å²) < 4.78 is 0. The number of rotatable bonds is 6. The fourth-order valence-corrected chi connectivity index (χ4v) is 2.25. The Bertz CT molecular complexity index is 285. The van der Waals surface area contributed by atoms with Gasteiger partial charge in [0.05, 0.1) is 6.04 Å². The van der Waals surface area contributed by atoms with Gasteiger partial charge in [-0.1, -0.05) is 19.8 Å². The normalized spacial score (nSPS) is 19.9. The van der Waals surface area contributed by atoms with Gasteiger partial charge in [-0.15, -0.1) is 0 Å². The minimum Gasteiger partial charge on any atom is -0.481 e. The zero-order valence-corrected chi connectivity index (χ0v) is 10.4. The fraction of sp³-hybridized carbons (Fsp3) is 0.833. The second-order valence-corrected chi connectivity index (χ2v) is 5.27. The van der Waals surface area contributed by atoms with Crippen molar-refractivity contribution in [1.29, 1.82) is 0 Å². The third-order valence-corrected chi connectivity index (χ3v) is 3.51. The molecular formula is C12H22N2O3. The summed E-state index contributed by atoms with van der Waals surface area (Å²) in [6, 6.07) is -0.712. The van der Waals surface area contributed by atoms with Gasteiger partial charge in [0.15, 0.2) is 0 Å². The van der Waals surface area contributed by atoms with Crippen molar-refractivity contribution < 1.29 is 14.7 Å². The van der Waals surface area contributed by atoms with Crippen molar-refractivity contribution in [1.82, 2.24) is 5.32 Å². The molecule has 1 saturated carbocycles. The summed E-state index contributed by atoms with van der Waals surface area (Å²) in [7, 11) is 0. The van der Waals surface area contributed by atoms with Crippen LogP contribution in [0.25, 0.3) is 0 Å². The maximum absolute atomic E-state index is 11.6. The van der Waals surface area contributed by atoms with Crippen molar-refractivity contribution in [2.45, 2.75) is 51.5 Å². The van der Waals surface area contributed by atoms with E-state index in [-0.39, 0.29) is 24.2 Å². The summed E-state index contributed by atoms with van der Waals surface area (Å²) >= 11 is 0. The van der Waals surface area contributed by atoms with E-state index < -0.39 is 12.0 Å². The topological polar surface area (TPSA) is 92.4 Å². The Hall–Kier alpha value is -1.10. The fourth-order valence-electron chi connectivity index (χ4n) is 2.25. The predicted octanol–water partition coefficient (Wildman–Crippen LogP) is 0.875. The number of nitrogens with two attached hydrogens (primary N) is 1. The number of carbonyl (C=O) groups is 2. The van der Waals surface area contributed by atoms with Gasteiger partial charge >= 0.3 is 5.97 Å². The molecule has 0 saturated heterocycles. The zero-order chi connectivity index (χ0) is 12.9. The summed E-state index contributed by atoms with van der Waals surface area (Å²) in [4.78, 5) is 22.0. The number of hydrogen-bond acceptors (Lipinski definition) is 3. The highest BCUT2D eigenvalue weighted by molar-refractivity contribution is 5.82. The van der Waals surface area contributed by atoms with Crippen LogP contribution in [0.5, 0.6) is 0 Å². The number of carboxylic acid groups (broad SMARTS) is 1. The maximum atomic E-state index is 11.6. The number of aliphatic carboxylic acids is 1. The predicted molar refractivity (Wildman–Crippen MR) is 64.4 cm³/mol. The molecule has 0 aromatic heterocycles. The van der Waals surface area contributed by atoms with Gasteiger partial charge in [0.1, 0.15) is 0 Å². The van der Waals surface area contributed by atoms with Gasteiger partial charge in [0, 0.05) is 13.0 Å². The van der Waals surface area contributed by atoms with Crippen LogP contribution < -0.4 is 11.1 Å². The van der Waals surface area contributed by atoms with Crippen LogP contribution in [0, 0.1) is 5.41 Å². The lowest BCUT2D eigenvalue weighted by Gasteiger charge is -2.24. The lowest BCUT2D eigenvalue weighted by Crippen LogP contribution is -2.44. The quantitative estimate of drug-likeness (QED) is 0.644. The summed E-state index contributed by atoms with van der Waals surface area (Å²) in [6.07, 6.45) is 4.84. The van der Waals surface area contributed by atoms with Gasteiger partial charge in [0.25, 0.3) is 0 Å². The molecule has 1 rings (SSSR count). The number of carbonyl (C=O) groups excluding carboxylic acids is 1. The van der Waals surface area contributed by atoms with Crippen LogP contribution in [0.3, 0.4) is 0 Å². The van der Waals surface area contributed by atoms with E-state index in [0.717, 1.165) is 12.8 Å². The average Bonchev–Trinajstić information content (AvgIpc) is 2.70. The monoisotopic (exact) mass is 242 g/mol. The van der Waals surface area contributed by atoms with Crippen molar-refractivity contribution in [2.75, 3.05) is 6.54 Å². The first kappa shape index (κ1) is 14.0. The first-order chi connectivity index (χ1) is 7.93. The van der Waals surface area contributed by atoms with Crippen molar-refractivity contribution >= 4 is 11.9 Å². The van der Waals surface area contributed by atoms with Gasteiger partial charge in [-0.25, -0.2) is 0 Å². The lowest BCUT2D eigenvalue weighted by atomic mass is 9.89. The molecule has 0 spiro atoms. The van der Waals surface area contributed by atoms with Crippen LogP contribution >= 0.6 is 0 Å². The van der Waals surface area contributed by atoms with Crippen molar-refractivity contribution in [3.63, 3.8) is 0 Å².